The van der Waals surface area contributed by atoms with Crippen LogP contribution in [0.2, 0.25) is 0 Å². The fourth-order valence-electron chi connectivity index (χ4n) is 3.25. The highest BCUT2D eigenvalue weighted by Gasteiger charge is 2.13. The third-order valence-corrected chi connectivity index (χ3v) is 5.69. The third kappa shape index (κ3) is 4.04. The molecule has 0 amide bonds. The highest BCUT2D eigenvalue weighted by atomic mass is 32.1. The van der Waals surface area contributed by atoms with E-state index in [-0.39, 0.29) is 11.2 Å². The predicted octanol–water partition coefficient (Wildman–Crippen LogP) is 6.53. The van der Waals surface area contributed by atoms with Crippen LogP contribution in [-0.4, -0.2) is 5.97 Å². The molecule has 3 aromatic carbocycles. The van der Waals surface area contributed by atoms with Crippen molar-refractivity contribution in [2.24, 2.45) is 0 Å². The monoisotopic (exact) mass is 440 g/mol. The van der Waals surface area contributed by atoms with E-state index < -0.39 is 5.97 Å². The zero-order valence-electron chi connectivity index (χ0n) is 16.7. The molecule has 0 spiro atoms. The summed E-state index contributed by atoms with van der Waals surface area (Å²) in [5.74, 6) is 0.441. The Morgan fingerprint density at radius 2 is 1.56 bits per heavy atom. The van der Waals surface area contributed by atoms with Crippen molar-refractivity contribution in [1.82, 2.24) is 0 Å². The summed E-state index contributed by atoms with van der Waals surface area (Å²) in [4.78, 5) is 25.5. The summed E-state index contributed by atoms with van der Waals surface area (Å²) >= 11 is 1.29. The van der Waals surface area contributed by atoms with Crippen LogP contribution in [0.15, 0.2) is 106 Å². The van der Waals surface area contributed by atoms with E-state index in [1.54, 1.807) is 41.8 Å². The van der Waals surface area contributed by atoms with Crippen molar-refractivity contribution in [3.63, 3.8) is 0 Å². The van der Waals surface area contributed by atoms with Crippen molar-refractivity contribution in [2.75, 3.05) is 0 Å². The van der Waals surface area contributed by atoms with Crippen molar-refractivity contribution in [1.29, 1.82) is 0 Å². The lowest BCUT2D eigenvalue weighted by molar-refractivity contribution is 0.0740. The van der Waals surface area contributed by atoms with E-state index in [0.29, 0.717) is 27.3 Å². The number of esters is 1. The van der Waals surface area contributed by atoms with E-state index in [9.17, 15) is 9.59 Å². The van der Waals surface area contributed by atoms with Gasteiger partial charge in [0, 0.05) is 6.07 Å². The summed E-state index contributed by atoms with van der Waals surface area (Å²) in [6, 6.07) is 25.6. The van der Waals surface area contributed by atoms with Gasteiger partial charge in [0.25, 0.3) is 0 Å². The first-order valence-corrected chi connectivity index (χ1v) is 10.7. The number of hydrogen-bond donors (Lipinski definition) is 0. The van der Waals surface area contributed by atoms with Crippen molar-refractivity contribution in [3.8, 4) is 28.4 Å². The molecule has 0 N–H and O–H groups in total. The van der Waals surface area contributed by atoms with Gasteiger partial charge in [-0.15, -0.1) is 11.3 Å². The second-order valence-corrected chi connectivity index (χ2v) is 7.89. The lowest BCUT2D eigenvalue weighted by atomic mass is 10.1. The van der Waals surface area contributed by atoms with Crippen molar-refractivity contribution < 1.29 is 18.7 Å². The second kappa shape index (κ2) is 8.53. The number of thiophene rings is 1. The van der Waals surface area contributed by atoms with Crippen LogP contribution in [0.1, 0.15) is 9.67 Å². The summed E-state index contributed by atoms with van der Waals surface area (Å²) in [6.45, 7) is 0. The maximum Gasteiger partial charge on any atom is 0.353 e. The number of benzene rings is 3. The molecule has 0 aliphatic heterocycles. The van der Waals surface area contributed by atoms with E-state index in [4.69, 9.17) is 13.9 Å². The Morgan fingerprint density at radius 3 is 2.31 bits per heavy atom. The van der Waals surface area contributed by atoms with Gasteiger partial charge in [-0.2, -0.15) is 0 Å². The quantitative estimate of drug-likeness (QED) is 0.230. The van der Waals surface area contributed by atoms with Crippen LogP contribution in [0, 0.1) is 0 Å². The smallest absolute Gasteiger partial charge is 0.353 e. The molecular weight excluding hydrogens is 424 g/mol. The van der Waals surface area contributed by atoms with Crippen molar-refractivity contribution in [2.45, 2.75) is 0 Å². The molecule has 156 valence electrons. The summed E-state index contributed by atoms with van der Waals surface area (Å²) in [7, 11) is 0. The molecule has 5 rings (SSSR count). The average Bonchev–Trinajstić information content (AvgIpc) is 3.37. The molecular formula is C26H16O5S. The fraction of sp³-hybridized carbons (Fsp3) is 0. The topological polar surface area (TPSA) is 65.7 Å². The molecule has 0 aliphatic rings. The second-order valence-electron chi connectivity index (χ2n) is 6.95. The number of carbonyl (C=O) groups excluding carboxylic acids is 1. The molecule has 0 fully saturated rings. The van der Waals surface area contributed by atoms with E-state index >= 15 is 0 Å². The van der Waals surface area contributed by atoms with Gasteiger partial charge in [-0.05, 0) is 46.8 Å². The van der Waals surface area contributed by atoms with E-state index in [1.807, 2.05) is 42.5 Å². The minimum absolute atomic E-state index is 0.0771. The number of hydrogen-bond acceptors (Lipinski definition) is 6. The Kier molecular flexibility index (Phi) is 5.27. The van der Waals surface area contributed by atoms with E-state index in [2.05, 4.69) is 0 Å². The van der Waals surface area contributed by atoms with Crippen LogP contribution in [0.5, 0.6) is 17.2 Å². The molecule has 2 heterocycles. The summed E-state index contributed by atoms with van der Waals surface area (Å²) in [5, 5.41) is 2.13. The molecule has 32 heavy (non-hydrogen) atoms. The van der Waals surface area contributed by atoms with Gasteiger partial charge in [0.2, 0.25) is 11.2 Å². The molecule has 0 atom stereocenters. The predicted molar refractivity (Wildman–Crippen MR) is 124 cm³/mol. The number of fused-ring (bicyclic) bond motifs is 1. The van der Waals surface area contributed by atoms with Crippen molar-refractivity contribution in [3.05, 3.63) is 112 Å². The Hall–Kier alpha value is -4.16. The lowest BCUT2D eigenvalue weighted by Gasteiger charge is -2.08. The number of carbonyl (C=O) groups is 1. The minimum Gasteiger partial charge on any atom is -0.460 e. The minimum atomic E-state index is -0.458. The van der Waals surface area contributed by atoms with E-state index in [0.717, 1.165) is 11.1 Å². The average molecular weight is 440 g/mol. The van der Waals surface area contributed by atoms with Gasteiger partial charge in [0.05, 0.1) is 5.39 Å². The molecule has 0 saturated heterocycles. The Morgan fingerprint density at radius 1 is 0.812 bits per heavy atom. The number of rotatable bonds is 5. The van der Waals surface area contributed by atoms with Gasteiger partial charge in [-0.3, -0.25) is 4.79 Å². The van der Waals surface area contributed by atoms with Crippen LogP contribution < -0.4 is 14.9 Å². The first-order valence-electron chi connectivity index (χ1n) is 9.82. The van der Waals surface area contributed by atoms with Gasteiger partial charge in [-0.25, -0.2) is 4.79 Å². The standard InChI is InChI=1S/C26H16O5S/c27-25-21-13-12-20(31-26(28)24-7-4-14-32-24)15-22(21)29-16-23(25)30-19-10-8-18(9-11-19)17-5-2-1-3-6-17/h1-16H. The zero-order chi connectivity index (χ0) is 21.9. The third-order valence-electron chi connectivity index (χ3n) is 4.84. The first kappa shape index (κ1) is 19.8. The molecule has 0 unspecified atom stereocenters. The van der Waals surface area contributed by atoms with Gasteiger partial charge in [0.1, 0.15) is 28.2 Å². The molecule has 2 aromatic heterocycles. The first-order chi connectivity index (χ1) is 15.7. The van der Waals surface area contributed by atoms with Gasteiger partial charge in [0.15, 0.2) is 0 Å². The van der Waals surface area contributed by atoms with E-state index in [1.165, 1.54) is 23.7 Å². The van der Waals surface area contributed by atoms with Gasteiger partial charge >= 0.3 is 5.97 Å². The highest BCUT2D eigenvalue weighted by Crippen LogP contribution is 2.27. The molecule has 5 nitrogen and oxygen atoms in total. The normalized spacial score (nSPS) is 10.8. The number of ether oxygens (including phenoxy) is 2. The van der Waals surface area contributed by atoms with Crippen LogP contribution in [0.25, 0.3) is 22.1 Å². The maximum absolute atomic E-state index is 12.9. The Bertz CT molecular complexity index is 1440. The van der Waals surface area contributed by atoms with Crippen LogP contribution in [-0.2, 0) is 0 Å². The molecule has 0 aliphatic carbocycles. The molecule has 6 heteroatoms. The van der Waals surface area contributed by atoms with Crippen molar-refractivity contribution >= 4 is 28.3 Å². The van der Waals surface area contributed by atoms with Gasteiger partial charge < -0.3 is 13.9 Å². The SMILES string of the molecule is O=C(Oc1ccc2c(=O)c(Oc3ccc(-c4ccccc4)cc3)coc2c1)c1cccs1. The molecule has 0 radical (unpaired) electrons. The fourth-order valence-corrected chi connectivity index (χ4v) is 3.85. The zero-order valence-corrected chi connectivity index (χ0v) is 17.5. The Labute approximate surface area is 187 Å². The van der Waals surface area contributed by atoms with Crippen LogP contribution in [0.3, 0.4) is 0 Å². The Balaban J connectivity index is 1.36. The highest BCUT2D eigenvalue weighted by molar-refractivity contribution is 7.12. The summed E-state index contributed by atoms with van der Waals surface area (Å²) in [5.41, 5.74) is 2.14. The lowest BCUT2D eigenvalue weighted by Crippen LogP contribution is -2.07. The molecule has 5 aromatic rings. The van der Waals surface area contributed by atoms with Gasteiger partial charge in [-0.1, -0.05) is 48.5 Å². The van der Waals surface area contributed by atoms with Crippen LogP contribution >= 0.6 is 11.3 Å². The maximum atomic E-state index is 12.9. The molecule has 0 saturated carbocycles. The largest absolute Gasteiger partial charge is 0.460 e. The summed E-state index contributed by atoms with van der Waals surface area (Å²) < 4.78 is 16.7. The van der Waals surface area contributed by atoms with Crippen LogP contribution in [0.4, 0.5) is 0 Å². The summed E-state index contributed by atoms with van der Waals surface area (Å²) in [6.07, 6.45) is 1.26. The molecule has 0 bridgehead atoms.